The highest BCUT2D eigenvalue weighted by molar-refractivity contribution is 5.93. The molecule has 0 radical (unpaired) electrons. The summed E-state index contributed by atoms with van der Waals surface area (Å²) in [6.07, 6.45) is 3.41. The normalized spacial score (nSPS) is 12.2. The van der Waals surface area contributed by atoms with Gasteiger partial charge in [0.25, 0.3) is 0 Å². The predicted octanol–water partition coefficient (Wildman–Crippen LogP) is 2.11. The summed E-state index contributed by atoms with van der Waals surface area (Å²) in [5.41, 5.74) is 6.97. The number of nitrogens with two attached hydrogens (primary N) is 1. The minimum Gasteiger partial charge on any atom is -0.399 e. The van der Waals surface area contributed by atoms with Crippen LogP contribution >= 0.6 is 0 Å². The summed E-state index contributed by atoms with van der Waals surface area (Å²) in [5.74, 6) is -0.876. The minimum atomic E-state index is -0.533. The summed E-state index contributed by atoms with van der Waals surface area (Å²) in [6.45, 7) is 3.57. The third-order valence-corrected chi connectivity index (χ3v) is 2.76. The maximum Gasteiger partial charge on any atom is 0.249 e. The Morgan fingerprint density at radius 3 is 2.89 bits per heavy atom. The van der Waals surface area contributed by atoms with Crippen molar-refractivity contribution in [2.24, 2.45) is 0 Å². The molecule has 0 aliphatic rings. The number of hydrogen-bond acceptors (Lipinski definition) is 3. The van der Waals surface area contributed by atoms with E-state index in [4.69, 9.17) is 5.73 Å². The highest BCUT2D eigenvalue weighted by atomic mass is 19.1. The molecule has 0 bridgehead atoms. The van der Waals surface area contributed by atoms with E-state index in [1.807, 2.05) is 6.92 Å². The molecule has 100 valence electrons. The van der Waals surface area contributed by atoms with Crippen LogP contribution in [0.5, 0.6) is 0 Å². The second kappa shape index (κ2) is 5.09. The van der Waals surface area contributed by atoms with Crippen molar-refractivity contribution in [2.75, 3.05) is 11.1 Å². The molecule has 5 nitrogen and oxygen atoms in total. The van der Waals surface area contributed by atoms with Gasteiger partial charge in [-0.3, -0.25) is 9.48 Å². The smallest absolute Gasteiger partial charge is 0.249 e. The third kappa shape index (κ3) is 2.90. The van der Waals surface area contributed by atoms with Crippen LogP contribution in [0.4, 0.5) is 15.8 Å². The fourth-order valence-electron chi connectivity index (χ4n) is 1.64. The average molecular weight is 262 g/mol. The molecule has 19 heavy (non-hydrogen) atoms. The molecule has 1 aromatic carbocycles. The zero-order valence-electron chi connectivity index (χ0n) is 10.7. The van der Waals surface area contributed by atoms with Crippen LogP contribution in [0.25, 0.3) is 0 Å². The van der Waals surface area contributed by atoms with Gasteiger partial charge >= 0.3 is 0 Å². The highest BCUT2D eigenvalue weighted by Crippen LogP contribution is 2.19. The number of halogens is 1. The number of anilines is 2. The van der Waals surface area contributed by atoms with Gasteiger partial charge in [-0.1, -0.05) is 0 Å². The fraction of sp³-hybridized carbons (Fsp3) is 0.231. The van der Waals surface area contributed by atoms with Crippen molar-refractivity contribution in [3.63, 3.8) is 0 Å². The van der Waals surface area contributed by atoms with Crippen molar-refractivity contribution < 1.29 is 9.18 Å². The van der Waals surface area contributed by atoms with E-state index in [9.17, 15) is 9.18 Å². The van der Waals surface area contributed by atoms with Gasteiger partial charge in [-0.25, -0.2) is 4.39 Å². The molecule has 1 aromatic heterocycles. The fourth-order valence-corrected chi connectivity index (χ4v) is 1.64. The number of carbonyl (C=O) groups excluding carboxylic acids is 1. The molecule has 0 saturated carbocycles. The predicted molar refractivity (Wildman–Crippen MR) is 71.1 cm³/mol. The standard InChI is InChI=1S/C13H15FN4O/c1-8-6-16-18(7-8)9(2)13(19)17-12-5-10(15)3-4-11(12)14/h3-7,9H,15H2,1-2H3,(H,17,19). The van der Waals surface area contributed by atoms with Crippen molar-refractivity contribution in [1.82, 2.24) is 9.78 Å². The molecule has 0 aliphatic heterocycles. The molecular weight excluding hydrogens is 247 g/mol. The molecule has 0 saturated heterocycles. The van der Waals surface area contributed by atoms with Crippen molar-refractivity contribution in [3.8, 4) is 0 Å². The molecular formula is C13H15FN4O. The molecule has 6 heteroatoms. The largest absolute Gasteiger partial charge is 0.399 e. The van der Waals surface area contributed by atoms with Crippen LogP contribution in [-0.2, 0) is 4.79 Å². The lowest BCUT2D eigenvalue weighted by molar-refractivity contribution is -0.119. The van der Waals surface area contributed by atoms with E-state index in [-0.39, 0.29) is 11.6 Å². The van der Waals surface area contributed by atoms with Gasteiger partial charge in [-0.05, 0) is 37.6 Å². The maximum absolute atomic E-state index is 13.5. The molecule has 0 spiro atoms. The molecule has 3 N–H and O–H groups in total. The molecule has 1 amide bonds. The summed E-state index contributed by atoms with van der Waals surface area (Å²) in [7, 11) is 0. The lowest BCUT2D eigenvalue weighted by Gasteiger charge is -2.13. The SMILES string of the molecule is Cc1cnn(C(C)C(=O)Nc2cc(N)ccc2F)c1. The Labute approximate surface area is 110 Å². The first kappa shape index (κ1) is 13.1. The first-order valence-corrected chi connectivity index (χ1v) is 5.84. The lowest BCUT2D eigenvalue weighted by atomic mass is 10.2. The van der Waals surface area contributed by atoms with E-state index < -0.39 is 11.9 Å². The summed E-state index contributed by atoms with van der Waals surface area (Å²) in [6, 6.07) is 3.50. The van der Waals surface area contributed by atoms with Gasteiger partial charge in [0.05, 0.1) is 11.9 Å². The molecule has 2 aromatic rings. The van der Waals surface area contributed by atoms with Gasteiger partial charge in [0.15, 0.2) is 0 Å². The average Bonchev–Trinajstić information content (AvgIpc) is 2.79. The first-order chi connectivity index (χ1) is 8.97. The van der Waals surface area contributed by atoms with Crippen LogP contribution < -0.4 is 11.1 Å². The Hall–Kier alpha value is -2.37. The van der Waals surface area contributed by atoms with Crippen molar-refractivity contribution >= 4 is 17.3 Å². The number of nitrogens with zero attached hydrogens (tertiary/aromatic N) is 2. The quantitative estimate of drug-likeness (QED) is 0.832. The summed E-state index contributed by atoms with van der Waals surface area (Å²) in [4.78, 5) is 12.0. The van der Waals surface area contributed by atoms with Crippen LogP contribution in [0.2, 0.25) is 0 Å². The van der Waals surface area contributed by atoms with Gasteiger partial charge in [0.1, 0.15) is 11.9 Å². The Balaban J connectivity index is 2.14. The van der Waals surface area contributed by atoms with Gasteiger partial charge < -0.3 is 11.1 Å². The second-order valence-electron chi connectivity index (χ2n) is 4.40. The van der Waals surface area contributed by atoms with E-state index in [0.29, 0.717) is 5.69 Å². The van der Waals surface area contributed by atoms with Gasteiger partial charge in [-0.2, -0.15) is 5.10 Å². The zero-order chi connectivity index (χ0) is 14.0. The van der Waals surface area contributed by atoms with E-state index in [2.05, 4.69) is 10.4 Å². The summed E-state index contributed by atoms with van der Waals surface area (Å²) >= 11 is 0. The molecule has 0 fully saturated rings. The lowest BCUT2D eigenvalue weighted by Crippen LogP contribution is -2.24. The third-order valence-electron chi connectivity index (χ3n) is 2.76. The van der Waals surface area contributed by atoms with E-state index in [1.165, 1.54) is 22.9 Å². The summed E-state index contributed by atoms with van der Waals surface area (Å²) < 4.78 is 15.0. The number of aromatic nitrogens is 2. The molecule has 0 aliphatic carbocycles. The number of nitrogen functional groups attached to an aromatic ring is 1. The highest BCUT2D eigenvalue weighted by Gasteiger charge is 2.17. The Kier molecular flexibility index (Phi) is 3.50. The molecule has 1 heterocycles. The number of rotatable bonds is 3. The number of nitrogens with one attached hydrogen (secondary N) is 1. The number of amides is 1. The maximum atomic E-state index is 13.5. The second-order valence-corrected chi connectivity index (χ2v) is 4.40. The van der Waals surface area contributed by atoms with E-state index >= 15 is 0 Å². The molecule has 1 unspecified atom stereocenters. The first-order valence-electron chi connectivity index (χ1n) is 5.84. The zero-order valence-corrected chi connectivity index (χ0v) is 10.7. The van der Waals surface area contributed by atoms with E-state index in [0.717, 1.165) is 5.56 Å². The van der Waals surface area contributed by atoms with Crippen molar-refractivity contribution in [3.05, 3.63) is 42.0 Å². The topological polar surface area (TPSA) is 72.9 Å². The van der Waals surface area contributed by atoms with Gasteiger partial charge in [-0.15, -0.1) is 0 Å². The Morgan fingerprint density at radius 2 is 2.26 bits per heavy atom. The minimum absolute atomic E-state index is 0.0701. The Morgan fingerprint density at radius 1 is 1.53 bits per heavy atom. The van der Waals surface area contributed by atoms with Crippen LogP contribution in [0.15, 0.2) is 30.6 Å². The number of benzene rings is 1. The number of hydrogen-bond donors (Lipinski definition) is 2. The monoisotopic (exact) mass is 262 g/mol. The van der Waals surface area contributed by atoms with Crippen molar-refractivity contribution in [1.29, 1.82) is 0 Å². The summed E-state index contributed by atoms with van der Waals surface area (Å²) in [5, 5.41) is 6.56. The van der Waals surface area contributed by atoms with Crippen LogP contribution in [0, 0.1) is 12.7 Å². The molecule has 2 rings (SSSR count). The van der Waals surface area contributed by atoms with Crippen LogP contribution in [-0.4, -0.2) is 15.7 Å². The van der Waals surface area contributed by atoms with Crippen LogP contribution in [0.3, 0.4) is 0 Å². The number of aryl methyl sites for hydroxylation is 1. The van der Waals surface area contributed by atoms with Crippen LogP contribution in [0.1, 0.15) is 18.5 Å². The Bertz CT molecular complexity index is 608. The van der Waals surface area contributed by atoms with Gasteiger partial charge in [0.2, 0.25) is 5.91 Å². The molecule has 1 atom stereocenters. The van der Waals surface area contributed by atoms with E-state index in [1.54, 1.807) is 19.3 Å². The van der Waals surface area contributed by atoms with Crippen molar-refractivity contribution in [2.45, 2.75) is 19.9 Å². The van der Waals surface area contributed by atoms with Gasteiger partial charge in [0, 0.05) is 11.9 Å². The number of carbonyl (C=O) groups is 1.